The van der Waals surface area contributed by atoms with Crippen LogP contribution in [0.15, 0.2) is 54.6 Å². The maximum Gasteiger partial charge on any atom is 0.243 e. The fourth-order valence-corrected chi connectivity index (χ4v) is 3.09. The maximum atomic E-state index is 12.9. The molecule has 144 valence electrons. The van der Waals surface area contributed by atoms with Crippen molar-refractivity contribution in [1.82, 2.24) is 10.2 Å². The van der Waals surface area contributed by atoms with Gasteiger partial charge in [0.25, 0.3) is 0 Å². The molecule has 0 aliphatic heterocycles. The molecule has 2 amide bonds. The molecular weight excluding hydrogens is 336 g/mol. The van der Waals surface area contributed by atoms with Crippen LogP contribution in [0.2, 0.25) is 0 Å². The van der Waals surface area contributed by atoms with E-state index in [1.165, 1.54) is 5.56 Å². The fraction of sp³-hybridized carbons (Fsp3) is 0.391. The molecule has 0 bridgehead atoms. The van der Waals surface area contributed by atoms with Gasteiger partial charge in [0.2, 0.25) is 11.8 Å². The molecule has 1 atom stereocenters. The van der Waals surface area contributed by atoms with Crippen molar-refractivity contribution < 1.29 is 9.59 Å². The first-order valence-electron chi connectivity index (χ1n) is 9.71. The van der Waals surface area contributed by atoms with Gasteiger partial charge in [0.15, 0.2) is 0 Å². The first kappa shape index (κ1) is 20.7. The Bertz CT molecular complexity index is 726. The lowest BCUT2D eigenvalue weighted by molar-refractivity contribution is -0.141. The number of aryl methyl sites for hydroxylation is 1. The van der Waals surface area contributed by atoms with Gasteiger partial charge in [-0.05, 0) is 31.4 Å². The average Bonchev–Trinajstić information content (AvgIpc) is 2.67. The standard InChI is InChI=1S/C23H30N2O2/c1-4-9-22(26)25(17-20-14-12-18(3)13-15-20)21(23(27)24-5-2)16-19-10-7-6-8-11-19/h6-8,10-15,21H,4-5,9,16-17H2,1-3H3,(H,24,27)/t21-/m0/s1. The molecule has 0 unspecified atom stereocenters. The van der Waals surface area contributed by atoms with Gasteiger partial charge in [-0.1, -0.05) is 67.1 Å². The monoisotopic (exact) mass is 366 g/mol. The molecule has 0 radical (unpaired) electrons. The SMILES string of the molecule is CCCC(=O)N(Cc1ccc(C)cc1)[C@@H](Cc1ccccc1)C(=O)NCC. The highest BCUT2D eigenvalue weighted by atomic mass is 16.2. The summed E-state index contributed by atoms with van der Waals surface area (Å²) in [4.78, 5) is 27.5. The van der Waals surface area contributed by atoms with E-state index >= 15 is 0 Å². The van der Waals surface area contributed by atoms with Crippen molar-refractivity contribution in [3.05, 3.63) is 71.3 Å². The molecule has 2 aromatic rings. The molecule has 4 nitrogen and oxygen atoms in total. The quantitative estimate of drug-likeness (QED) is 0.732. The number of hydrogen-bond donors (Lipinski definition) is 1. The van der Waals surface area contributed by atoms with Crippen LogP contribution in [0.25, 0.3) is 0 Å². The molecular formula is C23H30N2O2. The summed E-state index contributed by atoms with van der Waals surface area (Å²) in [6.45, 7) is 6.91. The zero-order chi connectivity index (χ0) is 19.6. The number of nitrogens with one attached hydrogen (secondary N) is 1. The smallest absolute Gasteiger partial charge is 0.243 e. The molecule has 2 rings (SSSR count). The fourth-order valence-electron chi connectivity index (χ4n) is 3.09. The van der Waals surface area contributed by atoms with E-state index in [0.717, 1.165) is 17.5 Å². The third-order valence-corrected chi connectivity index (χ3v) is 4.56. The maximum absolute atomic E-state index is 12.9. The molecule has 2 aromatic carbocycles. The predicted octanol–water partition coefficient (Wildman–Crippen LogP) is 3.87. The minimum Gasteiger partial charge on any atom is -0.355 e. The van der Waals surface area contributed by atoms with E-state index in [9.17, 15) is 9.59 Å². The molecule has 0 heterocycles. The highest BCUT2D eigenvalue weighted by Crippen LogP contribution is 2.16. The van der Waals surface area contributed by atoms with Crippen LogP contribution in [0.3, 0.4) is 0 Å². The van der Waals surface area contributed by atoms with Crippen LogP contribution in [0.1, 0.15) is 43.4 Å². The van der Waals surface area contributed by atoms with Crippen LogP contribution >= 0.6 is 0 Å². The Morgan fingerprint density at radius 2 is 1.63 bits per heavy atom. The first-order valence-corrected chi connectivity index (χ1v) is 9.71. The van der Waals surface area contributed by atoms with Crippen LogP contribution in [0.5, 0.6) is 0 Å². The van der Waals surface area contributed by atoms with Crippen molar-refractivity contribution in [2.75, 3.05) is 6.54 Å². The van der Waals surface area contributed by atoms with Crippen molar-refractivity contribution in [2.45, 2.75) is 52.6 Å². The van der Waals surface area contributed by atoms with Crippen molar-refractivity contribution >= 4 is 11.8 Å². The van der Waals surface area contributed by atoms with Gasteiger partial charge in [-0.25, -0.2) is 0 Å². The summed E-state index contributed by atoms with van der Waals surface area (Å²) < 4.78 is 0. The molecule has 0 fully saturated rings. The Hall–Kier alpha value is -2.62. The lowest BCUT2D eigenvalue weighted by Gasteiger charge is -2.31. The Labute approximate surface area is 162 Å². The normalized spacial score (nSPS) is 11.7. The van der Waals surface area contributed by atoms with Gasteiger partial charge in [-0.3, -0.25) is 9.59 Å². The predicted molar refractivity (Wildman–Crippen MR) is 109 cm³/mol. The summed E-state index contributed by atoms with van der Waals surface area (Å²) in [5.74, 6) is -0.0804. The molecule has 0 spiro atoms. The Morgan fingerprint density at radius 3 is 2.22 bits per heavy atom. The zero-order valence-electron chi connectivity index (χ0n) is 16.6. The number of hydrogen-bond acceptors (Lipinski definition) is 2. The van der Waals surface area contributed by atoms with Crippen LogP contribution < -0.4 is 5.32 Å². The Morgan fingerprint density at radius 1 is 0.963 bits per heavy atom. The van der Waals surface area contributed by atoms with Crippen LogP contribution in [-0.2, 0) is 22.6 Å². The highest BCUT2D eigenvalue weighted by molar-refractivity contribution is 5.88. The summed E-state index contributed by atoms with van der Waals surface area (Å²) in [7, 11) is 0. The Balaban J connectivity index is 2.33. The van der Waals surface area contributed by atoms with Gasteiger partial charge in [-0.15, -0.1) is 0 Å². The number of benzene rings is 2. The van der Waals surface area contributed by atoms with E-state index in [1.807, 2.05) is 75.4 Å². The van der Waals surface area contributed by atoms with Crippen molar-refractivity contribution in [2.24, 2.45) is 0 Å². The largest absolute Gasteiger partial charge is 0.355 e. The summed E-state index contributed by atoms with van der Waals surface area (Å²) in [5.41, 5.74) is 3.26. The van der Waals surface area contributed by atoms with Gasteiger partial charge in [0, 0.05) is 25.9 Å². The summed E-state index contributed by atoms with van der Waals surface area (Å²) in [6, 6.07) is 17.5. The second-order valence-corrected chi connectivity index (χ2v) is 6.86. The van der Waals surface area contributed by atoms with E-state index in [4.69, 9.17) is 0 Å². The van der Waals surface area contributed by atoms with E-state index in [0.29, 0.717) is 25.9 Å². The van der Waals surface area contributed by atoms with Gasteiger partial charge in [0.05, 0.1) is 0 Å². The first-order chi connectivity index (χ1) is 13.0. The number of carbonyl (C=O) groups is 2. The number of amides is 2. The number of rotatable bonds is 9. The third-order valence-electron chi connectivity index (χ3n) is 4.56. The van der Waals surface area contributed by atoms with Crippen LogP contribution in [-0.4, -0.2) is 29.3 Å². The minimum absolute atomic E-state index is 0.0188. The third kappa shape index (κ3) is 6.24. The highest BCUT2D eigenvalue weighted by Gasteiger charge is 2.29. The van der Waals surface area contributed by atoms with E-state index in [2.05, 4.69) is 5.32 Å². The Kier molecular flexibility index (Phi) is 8.05. The summed E-state index contributed by atoms with van der Waals surface area (Å²) >= 11 is 0. The lowest BCUT2D eigenvalue weighted by atomic mass is 10.0. The van der Waals surface area contributed by atoms with Gasteiger partial charge in [0.1, 0.15) is 6.04 Å². The van der Waals surface area contributed by atoms with Crippen LogP contribution in [0.4, 0.5) is 0 Å². The molecule has 0 saturated carbocycles. The topological polar surface area (TPSA) is 49.4 Å². The van der Waals surface area contributed by atoms with Crippen molar-refractivity contribution in [1.29, 1.82) is 0 Å². The summed E-state index contributed by atoms with van der Waals surface area (Å²) in [6.07, 6.45) is 1.71. The molecule has 0 aliphatic rings. The van der Waals surface area contributed by atoms with E-state index in [1.54, 1.807) is 4.90 Å². The second-order valence-electron chi connectivity index (χ2n) is 6.86. The molecule has 1 N–H and O–H groups in total. The number of nitrogens with zero attached hydrogens (tertiary/aromatic N) is 1. The summed E-state index contributed by atoms with van der Waals surface area (Å²) in [5, 5.41) is 2.91. The lowest BCUT2D eigenvalue weighted by Crippen LogP contribution is -2.50. The minimum atomic E-state index is -0.521. The zero-order valence-corrected chi connectivity index (χ0v) is 16.6. The van der Waals surface area contributed by atoms with Gasteiger partial charge < -0.3 is 10.2 Å². The molecule has 4 heteroatoms. The molecule has 0 aromatic heterocycles. The van der Waals surface area contributed by atoms with Crippen LogP contribution in [0, 0.1) is 6.92 Å². The number of likely N-dealkylation sites (N-methyl/N-ethyl adjacent to an activating group) is 1. The average molecular weight is 367 g/mol. The van der Waals surface area contributed by atoms with Gasteiger partial charge >= 0.3 is 0 Å². The second kappa shape index (κ2) is 10.5. The molecule has 0 aliphatic carbocycles. The van der Waals surface area contributed by atoms with Crippen molar-refractivity contribution in [3.8, 4) is 0 Å². The van der Waals surface area contributed by atoms with Crippen molar-refractivity contribution in [3.63, 3.8) is 0 Å². The van der Waals surface area contributed by atoms with E-state index < -0.39 is 6.04 Å². The number of carbonyl (C=O) groups excluding carboxylic acids is 2. The molecule has 27 heavy (non-hydrogen) atoms. The van der Waals surface area contributed by atoms with E-state index in [-0.39, 0.29) is 11.8 Å². The van der Waals surface area contributed by atoms with Gasteiger partial charge in [-0.2, -0.15) is 0 Å². The molecule has 0 saturated heterocycles.